The van der Waals surface area contributed by atoms with Gasteiger partial charge in [0.1, 0.15) is 10.7 Å². The maximum absolute atomic E-state index is 12.8. The molecule has 1 aliphatic carbocycles. The number of amides is 2. The summed E-state index contributed by atoms with van der Waals surface area (Å²) in [6, 6.07) is 6.43. The number of hydrogen-bond acceptors (Lipinski definition) is 5. The Labute approximate surface area is 150 Å². The molecule has 0 atom stereocenters. The largest absolute Gasteiger partial charge is 0.465 e. The molecule has 25 heavy (non-hydrogen) atoms. The second-order valence-electron chi connectivity index (χ2n) is 6.12. The lowest BCUT2D eigenvalue weighted by atomic mass is 9.95. The van der Waals surface area contributed by atoms with E-state index in [9.17, 15) is 14.4 Å². The van der Waals surface area contributed by atoms with E-state index in [-0.39, 0.29) is 28.0 Å². The van der Waals surface area contributed by atoms with E-state index in [2.05, 4.69) is 5.32 Å². The predicted molar refractivity (Wildman–Crippen MR) is 93.2 cm³/mol. The van der Waals surface area contributed by atoms with Crippen molar-refractivity contribution in [3.63, 3.8) is 0 Å². The van der Waals surface area contributed by atoms with E-state index in [4.69, 9.17) is 16.3 Å². The summed E-state index contributed by atoms with van der Waals surface area (Å²) >= 11 is 6.14. The Morgan fingerprint density at radius 3 is 2.52 bits per heavy atom. The van der Waals surface area contributed by atoms with Gasteiger partial charge in [-0.05, 0) is 25.0 Å². The smallest absolute Gasteiger partial charge is 0.339 e. The lowest BCUT2D eigenvalue weighted by molar-refractivity contribution is -0.120. The maximum Gasteiger partial charge on any atom is 0.339 e. The van der Waals surface area contributed by atoms with Gasteiger partial charge in [0.25, 0.3) is 11.8 Å². The molecule has 2 amide bonds. The second kappa shape index (κ2) is 7.27. The summed E-state index contributed by atoms with van der Waals surface area (Å²) < 4.78 is 4.73. The predicted octanol–water partition coefficient (Wildman–Crippen LogP) is 2.72. The van der Waals surface area contributed by atoms with Crippen molar-refractivity contribution in [2.45, 2.75) is 38.1 Å². The molecule has 6 nitrogen and oxygen atoms in total. The highest BCUT2D eigenvalue weighted by atomic mass is 35.5. The van der Waals surface area contributed by atoms with Crippen LogP contribution in [0.25, 0.3) is 0 Å². The van der Waals surface area contributed by atoms with Crippen LogP contribution in [0.1, 0.15) is 42.5 Å². The normalized spacial score (nSPS) is 18.7. The number of carbonyl (C=O) groups excluding carboxylic acids is 3. The lowest BCUT2D eigenvalue weighted by Gasteiger charge is -2.24. The van der Waals surface area contributed by atoms with Gasteiger partial charge in [-0.3, -0.25) is 9.59 Å². The molecule has 0 bridgehead atoms. The van der Waals surface area contributed by atoms with E-state index >= 15 is 0 Å². The molecular formula is C18H19ClN2O4. The van der Waals surface area contributed by atoms with Crippen LogP contribution in [-0.2, 0) is 14.3 Å². The number of rotatable bonds is 4. The molecule has 0 saturated heterocycles. The number of halogens is 1. The van der Waals surface area contributed by atoms with Gasteiger partial charge in [0.2, 0.25) is 0 Å². The number of imide groups is 1. The van der Waals surface area contributed by atoms with Gasteiger partial charge >= 0.3 is 5.97 Å². The van der Waals surface area contributed by atoms with Crippen LogP contribution in [0.5, 0.6) is 0 Å². The fourth-order valence-corrected chi connectivity index (χ4v) is 3.47. The molecular weight excluding hydrogens is 344 g/mol. The molecule has 1 fully saturated rings. The summed E-state index contributed by atoms with van der Waals surface area (Å²) in [6.07, 6.45) is 5.22. The zero-order valence-corrected chi connectivity index (χ0v) is 14.6. The van der Waals surface area contributed by atoms with Crippen LogP contribution in [0.3, 0.4) is 0 Å². The van der Waals surface area contributed by atoms with Crippen molar-refractivity contribution in [1.29, 1.82) is 0 Å². The lowest BCUT2D eigenvalue weighted by Crippen LogP contribution is -2.38. The number of benzene rings is 1. The van der Waals surface area contributed by atoms with Crippen LogP contribution in [0.4, 0.5) is 5.69 Å². The average Bonchev–Trinajstić information content (AvgIpc) is 2.85. The maximum atomic E-state index is 12.8. The number of carbonyl (C=O) groups is 3. The molecule has 1 aliphatic heterocycles. The van der Waals surface area contributed by atoms with Crippen LogP contribution in [0.2, 0.25) is 0 Å². The Balaban J connectivity index is 1.90. The van der Waals surface area contributed by atoms with Crippen molar-refractivity contribution in [2.24, 2.45) is 0 Å². The molecule has 132 valence electrons. The number of anilines is 1. The quantitative estimate of drug-likeness (QED) is 0.658. The molecule has 1 aromatic rings. The minimum Gasteiger partial charge on any atom is -0.465 e. The highest BCUT2D eigenvalue weighted by Crippen LogP contribution is 2.32. The fourth-order valence-electron chi connectivity index (χ4n) is 3.25. The van der Waals surface area contributed by atoms with Gasteiger partial charge in [-0.25, -0.2) is 9.69 Å². The number of para-hydroxylation sites is 1. The number of methoxy groups -OCH3 is 1. The van der Waals surface area contributed by atoms with Crippen molar-refractivity contribution >= 4 is 35.1 Å². The average molecular weight is 363 g/mol. The SMILES string of the molecule is COC(=O)c1ccccc1N1C(=O)C(Cl)=C(NC2CCCCC2)C1=O. The Morgan fingerprint density at radius 2 is 1.84 bits per heavy atom. The van der Waals surface area contributed by atoms with Crippen LogP contribution < -0.4 is 10.2 Å². The Hall–Kier alpha value is -2.34. The van der Waals surface area contributed by atoms with Crippen molar-refractivity contribution in [1.82, 2.24) is 5.32 Å². The third-order valence-electron chi connectivity index (χ3n) is 4.53. The van der Waals surface area contributed by atoms with Crippen molar-refractivity contribution in [3.05, 3.63) is 40.6 Å². The van der Waals surface area contributed by atoms with Gasteiger partial charge in [0.05, 0.1) is 18.4 Å². The van der Waals surface area contributed by atoms with Gasteiger partial charge in [0.15, 0.2) is 0 Å². The van der Waals surface area contributed by atoms with Gasteiger partial charge in [0, 0.05) is 6.04 Å². The highest BCUT2D eigenvalue weighted by molar-refractivity contribution is 6.52. The summed E-state index contributed by atoms with van der Waals surface area (Å²) in [4.78, 5) is 38.2. The molecule has 0 spiro atoms. The minimum atomic E-state index is -0.638. The Morgan fingerprint density at radius 1 is 1.16 bits per heavy atom. The molecule has 7 heteroatoms. The van der Waals surface area contributed by atoms with Gasteiger partial charge in [-0.2, -0.15) is 0 Å². The summed E-state index contributed by atoms with van der Waals surface area (Å²) in [5.74, 6) is -1.81. The zero-order valence-electron chi connectivity index (χ0n) is 13.9. The van der Waals surface area contributed by atoms with Crippen molar-refractivity contribution < 1.29 is 19.1 Å². The monoisotopic (exact) mass is 362 g/mol. The second-order valence-corrected chi connectivity index (χ2v) is 6.50. The molecule has 2 aliphatic rings. The molecule has 0 radical (unpaired) electrons. The number of nitrogens with zero attached hydrogens (tertiary/aromatic N) is 1. The molecule has 0 unspecified atom stereocenters. The van der Waals surface area contributed by atoms with Gasteiger partial charge in [-0.1, -0.05) is 43.0 Å². The number of esters is 1. The summed E-state index contributed by atoms with van der Waals surface area (Å²) in [5, 5.41) is 2.99. The van der Waals surface area contributed by atoms with E-state index < -0.39 is 17.8 Å². The van der Waals surface area contributed by atoms with Crippen molar-refractivity contribution in [3.8, 4) is 0 Å². The van der Waals surface area contributed by atoms with Crippen LogP contribution in [0, 0.1) is 0 Å². The first kappa shape index (κ1) is 17.5. The first-order valence-corrected chi connectivity index (χ1v) is 8.65. The summed E-state index contributed by atoms with van der Waals surface area (Å²) in [7, 11) is 1.24. The Bertz CT molecular complexity index is 753. The van der Waals surface area contributed by atoms with E-state index in [1.165, 1.54) is 25.7 Å². The Kier molecular flexibility index (Phi) is 5.08. The topological polar surface area (TPSA) is 75.7 Å². The summed E-state index contributed by atoms with van der Waals surface area (Å²) in [5.41, 5.74) is 0.413. The molecule has 0 aromatic heterocycles. The highest BCUT2D eigenvalue weighted by Gasteiger charge is 2.41. The standard InChI is InChI=1S/C18H19ClN2O4/c1-25-18(24)12-9-5-6-10-13(12)21-16(22)14(19)15(17(21)23)20-11-7-3-2-4-8-11/h5-6,9-11,20H,2-4,7-8H2,1H3. The third-order valence-corrected chi connectivity index (χ3v) is 4.88. The molecule has 1 N–H and O–H groups in total. The number of nitrogens with one attached hydrogen (secondary N) is 1. The van der Waals surface area contributed by atoms with E-state index in [0.717, 1.165) is 30.6 Å². The molecule has 1 saturated carbocycles. The van der Waals surface area contributed by atoms with Gasteiger partial charge < -0.3 is 10.1 Å². The summed E-state index contributed by atoms with van der Waals surface area (Å²) in [6.45, 7) is 0. The molecule has 3 rings (SSSR count). The van der Waals surface area contributed by atoms with Crippen LogP contribution in [-0.4, -0.2) is 30.9 Å². The first-order chi connectivity index (χ1) is 12.0. The van der Waals surface area contributed by atoms with E-state index in [1.807, 2.05) is 0 Å². The van der Waals surface area contributed by atoms with E-state index in [0.29, 0.717) is 0 Å². The fraction of sp³-hybridized carbons (Fsp3) is 0.389. The molecule has 1 aromatic carbocycles. The zero-order chi connectivity index (χ0) is 18.0. The minimum absolute atomic E-state index is 0.109. The van der Waals surface area contributed by atoms with Crippen LogP contribution in [0.15, 0.2) is 35.0 Å². The van der Waals surface area contributed by atoms with E-state index in [1.54, 1.807) is 12.1 Å². The number of ether oxygens (including phenoxy) is 1. The van der Waals surface area contributed by atoms with Crippen LogP contribution >= 0.6 is 11.6 Å². The third kappa shape index (κ3) is 3.26. The first-order valence-electron chi connectivity index (χ1n) is 8.27. The van der Waals surface area contributed by atoms with Crippen molar-refractivity contribution in [2.75, 3.05) is 12.0 Å². The number of hydrogen-bond donors (Lipinski definition) is 1. The molecule has 1 heterocycles. The van der Waals surface area contributed by atoms with Gasteiger partial charge in [-0.15, -0.1) is 0 Å².